The first-order chi connectivity index (χ1) is 14.1. The Balaban J connectivity index is 1.44. The van der Waals surface area contributed by atoms with E-state index in [0.717, 1.165) is 4.90 Å². The van der Waals surface area contributed by atoms with Crippen molar-refractivity contribution in [3.05, 3.63) is 64.9 Å². The van der Waals surface area contributed by atoms with Crippen LogP contribution in [0.1, 0.15) is 17.8 Å². The van der Waals surface area contributed by atoms with Crippen molar-refractivity contribution in [2.75, 3.05) is 6.61 Å². The molecule has 1 atom stereocenters. The van der Waals surface area contributed by atoms with E-state index < -0.39 is 11.6 Å². The quantitative estimate of drug-likeness (QED) is 0.666. The van der Waals surface area contributed by atoms with Crippen LogP contribution in [0, 0.1) is 0 Å². The number of amides is 3. The number of aromatic nitrogens is 2. The Morgan fingerprint density at radius 2 is 1.93 bits per heavy atom. The Morgan fingerprint density at radius 3 is 2.79 bits per heavy atom. The summed E-state index contributed by atoms with van der Waals surface area (Å²) in [5, 5.41) is 7.21. The average molecular weight is 411 g/mol. The molecule has 29 heavy (non-hydrogen) atoms. The van der Waals surface area contributed by atoms with Gasteiger partial charge < -0.3 is 14.6 Å². The minimum atomic E-state index is -1.14. The van der Waals surface area contributed by atoms with Gasteiger partial charge in [0, 0.05) is 12.0 Å². The van der Waals surface area contributed by atoms with Crippen molar-refractivity contribution in [1.29, 1.82) is 0 Å². The van der Waals surface area contributed by atoms with Gasteiger partial charge in [-0.15, -0.1) is 0 Å². The van der Waals surface area contributed by atoms with Crippen LogP contribution >= 0.6 is 11.6 Å². The van der Waals surface area contributed by atoms with E-state index >= 15 is 0 Å². The van der Waals surface area contributed by atoms with Gasteiger partial charge in [0.2, 0.25) is 0 Å². The number of para-hydroxylation sites is 1. The van der Waals surface area contributed by atoms with Crippen LogP contribution in [0.3, 0.4) is 0 Å². The molecule has 1 fully saturated rings. The van der Waals surface area contributed by atoms with E-state index in [1.165, 1.54) is 0 Å². The fraction of sp³-hybridized carbons (Fsp3) is 0.200. The highest BCUT2D eigenvalue weighted by atomic mass is 35.5. The lowest BCUT2D eigenvalue weighted by molar-refractivity contribution is -0.133. The van der Waals surface area contributed by atoms with Gasteiger partial charge in [-0.3, -0.25) is 9.69 Å². The molecule has 0 aliphatic carbocycles. The third-order valence-electron chi connectivity index (χ3n) is 5.13. The second-order valence-corrected chi connectivity index (χ2v) is 7.22. The molecule has 3 heterocycles. The van der Waals surface area contributed by atoms with Gasteiger partial charge in [0.1, 0.15) is 5.75 Å². The Kier molecular flexibility index (Phi) is 4.02. The second kappa shape index (κ2) is 6.59. The molecule has 1 saturated heterocycles. The molecule has 1 aromatic heterocycles. The summed E-state index contributed by atoms with van der Waals surface area (Å²) in [4.78, 5) is 31.3. The average Bonchev–Trinajstić information content (AvgIpc) is 3.28. The topological polar surface area (TPSA) is 97.6 Å². The molecule has 3 amide bonds. The summed E-state index contributed by atoms with van der Waals surface area (Å²) in [5.74, 6) is 0.668. The van der Waals surface area contributed by atoms with E-state index in [-0.39, 0.29) is 24.2 Å². The number of rotatable bonds is 3. The number of carbonyl (C=O) groups excluding carboxylic acids is 2. The van der Waals surface area contributed by atoms with Crippen LogP contribution in [0.2, 0.25) is 5.02 Å². The summed E-state index contributed by atoms with van der Waals surface area (Å²) in [6.07, 6.45) is 0.349. The molecular weight excluding hydrogens is 396 g/mol. The summed E-state index contributed by atoms with van der Waals surface area (Å²) < 4.78 is 10.9. The normalized spacial score (nSPS) is 20.5. The van der Waals surface area contributed by atoms with E-state index in [9.17, 15) is 9.59 Å². The molecule has 1 unspecified atom stereocenters. The van der Waals surface area contributed by atoms with Gasteiger partial charge in [-0.25, -0.2) is 4.79 Å². The van der Waals surface area contributed by atoms with Crippen molar-refractivity contribution in [3.63, 3.8) is 0 Å². The Bertz CT molecular complexity index is 1130. The Labute approximate surface area is 170 Å². The number of urea groups is 1. The predicted molar refractivity (Wildman–Crippen MR) is 102 cm³/mol. The zero-order valence-corrected chi connectivity index (χ0v) is 15.8. The number of benzene rings is 2. The van der Waals surface area contributed by atoms with Gasteiger partial charge >= 0.3 is 6.03 Å². The molecule has 0 saturated carbocycles. The monoisotopic (exact) mass is 410 g/mol. The maximum atomic E-state index is 13.3. The van der Waals surface area contributed by atoms with Gasteiger partial charge in [0.15, 0.2) is 11.4 Å². The zero-order chi connectivity index (χ0) is 20.0. The van der Waals surface area contributed by atoms with Crippen molar-refractivity contribution in [1.82, 2.24) is 20.4 Å². The molecule has 1 spiro atoms. The first kappa shape index (κ1) is 17.7. The molecule has 0 bridgehead atoms. The van der Waals surface area contributed by atoms with Crippen molar-refractivity contribution >= 4 is 23.5 Å². The lowest BCUT2D eigenvalue weighted by Gasteiger charge is -2.33. The van der Waals surface area contributed by atoms with E-state index in [0.29, 0.717) is 34.9 Å². The molecule has 0 radical (unpaired) electrons. The maximum Gasteiger partial charge on any atom is 0.325 e. The molecule has 5 rings (SSSR count). The van der Waals surface area contributed by atoms with Crippen molar-refractivity contribution < 1.29 is 18.8 Å². The van der Waals surface area contributed by atoms with E-state index in [1.807, 2.05) is 12.1 Å². The highest BCUT2D eigenvalue weighted by Gasteiger charge is 2.55. The second-order valence-electron chi connectivity index (χ2n) is 6.82. The van der Waals surface area contributed by atoms with Gasteiger partial charge in [-0.05, 0) is 18.2 Å². The predicted octanol–water partition coefficient (Wildman–Crippen LogP) is 3.12. The number of nitrogens with one attached hydrogen (secondary N) is 1. The number of carbonyl (C=O) groups is 2. The molecule has 9 heteroatoms. The SMILES string of the molecule is O=C1NC2(CCOc3ccccc32)C(=O)N1Cc1noc(-c2ccccc2Cl)n1. The fourth-order valence-corrected chi connectivity index (χ4v) is 3.94. The minimum Gasteiger partial charge on any atom is -0.493 e. The summed E-state index contributed by atoms with van der Waals surface area (Å²) in [7, 11) is 0. The smallest absolute Gasteiger partial charge is 0.325 e. The van der Waals surface area contributed by atoms with Crippen LogP contribution in [0.4, 0.5) is 4.79 Å². The Morgan fingerprint density at radius 1 is 1.14 bits per heavy atom. The van der Waals surface area contributed by atoms with Crippen LogP contribution in [0.5, 0.6) is 5.75 Å². The van der Waals surface area contributed by atoms with Crippen molar-refractivity contribution in [2.24, 2.45) is 0 Å². The Hall–Kier alpha value is -3.39. The number of fused-ring (bicyclic) bond motifs is 2. The fourth-order valence-electron chi connectivity index (χ4n) is 3.72. The number of imide groups is 1. The number of hydrogen-bond acceptors (Lipinski definition) is 6. The van der Waals surface area contributed by atoms with Gasteiger partial charge in [0.25, 0.3) is 11.8 Å². The van der Waals surface area contributed by atoms with Crippen LogP contribution < -0.4 is 10.1 Å². The maximum absolute atomic E-state index is 13.3. The van der Waals surface area contributed by atoms with Gasteiger partial charge in [-0.1, -0.05) is 47.1 Å². The first-order valence-corrected chi connectivity index (χ1v) is 9.40. The van der Waals surface area contributed by atoms with Gasteiger partial charge in [0.05, 0.1) is 23.7 Å². The molecule has 146 valence electrons. The van der Waals surface area contributed by atoms with Crippen LogP contribution in [-0.4, -0.2) is 33.6 Å². The van der Waals surface area contributed by atoms with Gasteiger partial charge in [-0.2, -0.15) is 4.98 Å². The van der Waals surface area contributed by atoms with Crippen LogP contribution in [-0.2, 0) is 16.9 Å². The summed E-state index contributed by atoms with van der Waals surface area (Å²) >= 11 is 6.16. The number of ether oxygens (including phenoxy) is 1. The number of hydrogen-bond donors (Lipinski definition) is 1. The van der Waals surface area contributed by atoms with Crippen LogP contribution in [0.25, 0.3) is 11.5 Å². The van der Waals surface area contributed by atoms with E-state index in [1.54, 1.807) is 36.4 Å². The largest absolute Gasteiger partial charge is 0.493 e. The third-order valence-corrected chi connectivity index (χ3v) is 5.46. The van der Waals surface area contributed by atoms with E-state index in [2.05, 4.69) is 15.5 Å². The highest BCUT2D eigenvalue weighted by molar-refractivity contribution is 6.33. The first-order valence-electron chi connectivity index (χ1n) is 9.02. The zero-order valence-electron chi connectivity index (χ0n) is 15.1. The number of nitrogens with zero attached hydrogens (tertiary/aromatic N) is 3. The molecule has 2 aliphatic heterocycles. The van der Waals surface area contributed by atoms with Crippen LogP contribution in [0.15, 0.2) is 53.1 Å². The molecule has 1 N–H and O–H groups in total. The minimum absolute atomic E-state index is 0.108. The summed E-state index contributed by atoms with van der Waals surface area (Å²) in [6.45, 7) is 0.221. The number of halogens is 1. The molecule has 2 aromatic carbocycles. The third kappa shape index (κ3) is 2.75. The standard InChI is InChI=1S/C20H15ClN4O4/c21-14-7-3-1-5-12(14)17-22-16(24-29-17)11-25-18(26)20(23-19(25)27)9-10-28-15-8-4-2-6-13(15)20/h1-8H,9-11H2,(H,23,27). The van der Waals surface area contributed by atoms with Crippen molar-refractivity contribution in [2.45, 2.75) is 18.5 Å². The lowest BCUT2D eigenvalue weighted by atomic mass is 9.84. The summed E-state index contributed by atoms with van der Waals surface area (Å²) in [5.41, 5.74) is 0.0956. The highest BCUT2D eigenvalue weighted by Crippen LogP contribution is 2.41. The summed E-state index contributed by atoms with van der Waals surface area (Å²) in [6, 6.07) is 13.8. The lowest BCUT2D eigenvalue weighted by Crippen LogP contribution is -2.47. The molecule has 3 aromatic rings. The molecule has 2 aliphatic rings. The van der Waals surface area contributed by atoms with E-state index in [4.69, 9.17) is 20.9 Å². The molecular formula is C20H15ClN4O4. The van der Waals surface area contributed by atoms with Crippen molar-refractivity contribution in [3.8, 4) is 17.2 Å². The molecule has 8 nitrogen and oxygen atoms in total.